The lowest BCUT2D eigenvalue weighted by Gasteiger charge is -2.63. The summed E-state index contributed by atoms with van der Waals surface area (Å²) in [6.45, 7) is 14.7. The second kappa shape index (κ2) is 7.82. The molecule has 0 bridgehead atoms. The van der Waals surface area contributed by atoms with Crippen molar-refractivity contribution in [2.24, 2.45) is 57.7 Å². The summed E-state index contributed by atoms with van der Waals surface area (Å²) in [5.41, 5.74) is 1.82. The fourth-order valence-electron chi connectivity index (χ4n) is 11.3. The largest absolute Gasteiger partial charge is 0.390 e. The topological polar surface area (TPSA) is 69.1 Å². The predicted octanol–water partition coefficient (Wildman–Crippen LogP) is 6.17. The molecule has 0 radical (unpaired) electrons. The second-order valence-electron chi connectivity index (χ2n) is 14.8. The van der Waals surface area contributed by atoms with Crippen LogP contribution in [0.2, 0.25) is 0 Å². The van der Waals surface area contributed by atoms with Gasteiger partial charge in [-0.15, -0.1) is 0 Å². The van der Waals surface area contributed by atoms with Gasteiger partial charge in [-0.05, 0) is 109 Å². The number of nitrogens with one attached hydrogen (secondary N) is 1. The van der Waals surface area contributed by atoms with E-state index in [1.807, 2.05) is 6.20 Å². The number of hydrogen-bond acceptors (Lipinski definition) is 3. The van der Waals surface area contributed by atoms with Gasteiger partial charge < -0.3 is 10.2 Å². The number of fused-ring (bicyclic) bond motifs is 5. The van der Waals surface area contributed by atoms with Crippen molar-refractivity contribution < 1.29 is 10.2 Å². The third kappa shape index (κ3) is 3.02. The summed E-state index contributed by atoms with van der Waals surface area (Å²) >= 11 is 0. The maximum atomic E-state index is 12.0. The molecule has 4 heteroatoms. The number of H-pyrrole nitrogens is 1. The van der Waals surface area contributed by atoms with Crippen LogP contribution in [-0.4, -0.2) is 32.1 Å². The molecule has 0 aliphatic heterocycles. The van der Waals surface area contributed by atoms with E-state index in [0.29, 0.717) is 17.3 Å². The molecule has 1 spiro atoms. The molecule has 3 N–H and O–H groups in total. The van der Waals surface area contributed by atoms with Gasteiger partial charge in [0.1, 0.15) is 0 Å². The molecular formula is C31H50N2O2. The SMILES string of the molecule is CC[C@H](CC[C@@H](C)[C@H]1CC[C@H]2[C@@H]3[C@@H](O)[C@@]4(O)C[C@@]45Cc4[nH]ncc4C[C@]5(C)[C@H]3CC[C@]12C)C(C)C. The molecule has 35 heavy (non-hydrogen) atoms. The first-order valence-electron chi connectivity index (χ1n) is 14.9. The van der Waals surface area contributed by atoms with Crippen LogP contribution >= 0.6 is 0 Å². The number of aromatic nitrogens is 2. The van der Waals surface area contributed by atoms with Crippen LogP contribution in [0, 0.1) is 57.7 Å². The Labute approximate surface area is 213 Å². The maximum absolute atomic E-state index is 12.0. The summed E-state index contributed by atoms with van der Waals surface area (Å²) in [7, 11) is 0. The average molecular weight is 483 g/mol. The molecule has 1 heterocycles. The van der Waals surface area contributed by atoms with Crippen molar-refractivity contribution in [3.05, 3.63) is 17.5 Å². The van der Waals surface area contributed by atoms with Crippen molar-refractivity contribution in [2.75, 3.05) is 0 Å². The molecule has 0 aromatic carbocycles. The molecule has 4 fully saturated rings. The van der Waals surface area contributed by atoms with E-state index in [-0.39, 0.29) is 16.7 Å². The van der Waals surface area contributed by atoms with Crippen molar-refractivity contribution in [1.82, 2.24) is 10.2 Å². The Bertz CT molecular complexity index is 973. The number of aliphatic hydroxyl groups excluding tert-OH is 1. The first kappa shape index (κ1) is 24.5. The van der Waals surface area contributed by atoms with Crippen molar-refractivity contribution in [1.29, 1.82) is 0 Å². The highest BCUT2D eigenvalue weighted by atomic mass is 16.4. The quantitative estimate of drug-likeness (QED) is 0.454. The van der Waals surface area contributed by atoms with Gasteiger partial charge in [0.05, 0.1) is 17.9 Å². The van der Waals surface area contributed by atoms with Gasteiger partial charge in [-0.2, -0.15) is 5.10 Å². The van der Waals surface area contributed by atoms with E-state index >= 15 is 0 Å². The fourth-order valence-corrected chi connectivity index (χ4v) is 11.3. The summed E-state index contributed by atoms with van der Waals surface area (Å²) in [5, 5.41) is 31.5. The van der Waals surface area contributed by atoms with Gasteiger partial charge in [-0.25, -0.2) is 0 Å². The van der Waals surface area contributed by atoms with Crippen LogP contribution < -0.4 is 0 Å². The summed E-state index contributed by atoms with van der Waals surface area (Å²) in [6, 6.07) is 0. The Kier molecular flexibility index (Phi) is 5.47. The minimum Gasteiger partial charge on any atom is -0.390 e. The Balaban J connectivity index is 1.27. The van der Waals surface area contributed by atoms with E-state index in [1.54, 1.807) is 0 Å². The Morgan fingerprint density at radius 2 is 1.86 bits per heavy atom. The number of rotatable bonds is 6. The second-order valence-corrected chi connectivity index (χ2v) is 14.8. The lowest BCUT2D eigenvalue weighted by atomic mass is 9.43. The van der Waals surface area contributed by atoms with Gasteiger partial charge in [0.2, 0.25) is 0 Å². The zero-order chi connectivity index (χ0) is 25.0. The van der Waals surface area contributed by atoms with Crippen LogP contribution in [0.1, 0.15) is 104 Å². The molecule has 5 aliphatic rings. The van der Waals surface area contributed by atoms with Crippen LogP contribution in [0.4, 0.5) is 0 Å². The summed E-state index contributed by atoms with van der Waals surface area (Å²) in [6.07, 6.45) is 13.1. The van der Waals surface area contributed by atoms with Gasteiger partial charge in [0.25, 0.3) is 0 Å². The Hall–Kier alpha value is -0.870. The van der Waals surface area contributed by atoms with E-state index in [2.05, 4.69) is 51.7 Å². The standard InChI is InChI=1S/C31H50N2O2/c1-7-20(18(2)3)9-8-19(4)22-10-11-23-26-24(12-13-28(22,23)5)29(6)14-21-16-32-33-25(21)15-30(29)17-31(30,35)27(26)34/h16,18-20,22-24,26-27,34-35H,7-15,17H2,1-6H3,(H,32,33)/t19-,20-,22-,23+,24+,26+,27-,28-,29-,30-,31+/m1/s1. The normalized spacial score (nSPS) is 49.5. The molecule has 11 atom stereocenters. The summed E-state index contributed by atoms with van der Waals surface area (Å²) in [5.74, 6) is 4.40. The number of hydrogen-bond donors (Lipinski definition) is 3. The first-order valence-corrected chi connectivity index (χ1v) is 14.9. The zero-order valence-corrected chi connectivity index (χ0v) is 23.1. The third-order valence-electron chi connectivity index (χ3n) is 13.4. The number of aliphatic hydroxyl groups is 2. The van der Waals surface area contributed by atoms with Crippen LogP contribution in [0.15, 0.2) is 6.20 Å². The van der Waals surface area contributed by atoms with Gasteiger partial charge in [0.15, 0.2) is 0 Å². The van der Waals surface area contributed by atoms with Crippen molar-refractivity contribution in [3.8, 4) is 0 Å². The fraction of sp³-hybridized carbons (Fsp3) is 0.903. The molecule has 4 nitrogen and oxygen atoms in total. The molecule has 5 aliphatic carbocycles. The van der Waals surface area contributed by atoms with Crippen molar-refractivity contribution in [2.45, 2.75) is 117 Å². The highest BCUT2D eigenvalue weighted by molar-refractivity contribution is 5.40. The van der Waals surface area contributed by atoms with Crippen LogP contribution in [0.3, 0.4) is 0 Å². The molecule has 4 saturated carbocycles. The predicted molar refractivity (Wildman–Crippen MR) is 140 cm³/mol. The van der Waals surface area contributed by atoms with Crippen molar-refractivity contribution in [3.63, 3.8) is 0 Å². The van der Waals surface area contributed by atoms with E-state index in [4.69, 9.17) is 0 Å². The van der Waals surface area contributed by atoms with Crippen LogP contribution in [0.5, 0.6) is 0 Å². The zero-order valence-electron chi connectivity index (χ0n) is 23.1. The molecule has 0 unspecified atom stereocenters. The van der Waals surface area contributed by atoms with Crippen molar-refractivity contribution >= 4 is 0 Å². The van der Waals surface area contributed by atoms with Gasteiger partial charge in [0, 0.05) is 11.1 Å². The monoisotopic (exact) mass is 482 g/mol. The molecule has 1 aromatic heterocycles. The Morgan fingerprint density at radius 1 is 1.09 bits per heavy atom. The average Bonchev–Trinajstić information content (AvgIpc) is 3.08. The molecular weight excluding hydrogens is 432 g/mol. The van der Waals surface area contributed by atoms with Gasteiger partial charge >= 0.3 is 0 Å². The summed E-state index contributed by atoms with van der Waals surface area (Å²) in [4.78, 5) is 0. The maximum Gasteiger partial charge on any atom is 0.0981 e. The van der Waals surface area contributed by atoms with Crippen LogP contribution in [0.25, 0.3) is 0 Å². The molecule has 6 rings (SSSR count). The van der Waals surface area contributed by atoms with Gasteiger partial charge in [-0.3, -0.25) is 5.10 Å². The van der Waals surface area contributed by atoms with E-state index in [9.17, 15) is 10.2 Å². The highest BCUT2D eigenvalue weighted by Gasteiger charge is 2.84. The lowest BCUT2D eigenvalue weighted by molar-refractivity contribution is -0.208. The number of aromatic amines is 1. The minimum absolute atomic E-state index is 0.0547. The van der Waals surface area contributed by atoms with E-state index < -0.39 is 11.7 Å². The minimum atomic E-state index is -0.917. The smallest absolute Gasteiger partial charge is 0.0981 e. The molecule has 1 aromatic rings. The first-order chi connectivity index (χ1) is 16.5. The lowest BCUT2D eigenvalue weighted by Crippen LogP contribution is -2.64. The van der Waals surface area contributed by atoms with Gasteiger partial charge in [-0.1, -0.05) is 54.4 Å². The van der Waals surface area contributed by atoms with Crippen LogP contribution in [-0.2, 0) is 12.8 Å². The highest BCUT2D eigenvalue weighted by Crippen LogP contribution is 2.81. The Morgan fingerprint density at radius 3 is 2.57 bits per heavy atom. The van der Waals surface area contributed by atoms with E-state index in [0.717, 1.165) is 42.9 Å². The van der Waals surface area contributed by atoms with E-state index in [1.165, 1.54) is 56.2 Å². The third-order valence-corrected chi connectivity index (χ3v) is 13.4. The number of nitrogens with zero attached hydrogens (tertiary/aromatic N) is 1. The summed E-state index contributed by atoms with van der Waals surface area (Å²) < 4.78 is 0. The molecule has 196 valence electrons. The molecule has 0 saturated heterocycles. The molecule has 0 amide bonds.